The molecule has 1 aromatic rings. The van der Waals surface area contributed by atoms with Crippen LogP contribution in [0, 0.1) is 0 Å². The summed E-state index contributed by atoms with van der Waals surface area (Å²) in [6.07, 6.45) is 0. The van der Waals surface area contributed by atoms with Crippen LogP contribution < -0.4 is 16.8 Å². The molecule has 0 aliphatic rings. The Morgan fingerprint density at radius 3 is 2.35 bits per heavy atom. The second kappa shape index (κ2) is 6.60. The molecule has 20 heavy (non-hydrogen) atoms. The molecule has 0 spiro atoms. The summed E-state index contributed by atoms with van der Waals surface area (Å²) in [6, 6.07) is -1.08. The normalized spacial score (nSPS) is 9.95. The van der Waals surface area contributed by atoms with Crippen LogP contribution >= 0.6 is 34.8 Å². The van der Waals surface area contributed by atoms with E-state index in [4.69, 9.17) is 46.3 Å². The largest absolute Gasteiger partial charge is 0.451 e. The predicted molar refractivity (Wildman–Crippen MR) is 71.7 cm³/mol. The first-order valence-electron chi connectivity index (χ1n) is 4.80. The van der Waals surface area contributed by atoms with E-state index in [9.17, 15) is 14.4 Å². The first-order valence-corrected chi connectivity index (χ1v) is 5.93. The third-order valence-electron chi connectivity index (χ3n) is 1.86. The van der Waals surface area contributed by atoms with Gasteiger partial charge in [-0.3, -0.25) is 10.1 Å². The van der Waals surface area contributed by atoms with E-state index in [0.29, 0.717) is 0 Å². The second-order valence-corrected chi connectivity index (χ2v) is 4.40. The quantitative estimate of drug-likeness (QED) is 0.553. The van der Waals surface area contributed by atoms with Crippen LogP contribution in [0.3, 0.4) is 0 Å². The molecule has 1 heterocycles. The minimum absolute atomic E-state index is 0.111. The zero-order chi connectivity index (χ0) is 15.4. The van der Waals surface area contributed by atoms with Gasteiger partial charge < -0.3 is 16.2 Å². The van der Waals surface area contributed by atoms with E-state index in [2.05, 4.69) is 9.72 Å². The van der Waals surface area contributed by atoms with Gasteiger partial charge >= 0.3 is 12.0 Å². The van der Waals surface area contributed by atoms with Crippen LogP contribution in [0.4, 0.5) is 10.5 Å². The van der Waals surface area contributed by atoms with Gasteiger partial charge in [0.2, 0.25) is 0 Å². The van der Waals surface area contributed by atoms with Crippen molar-refractivity contribution in [2.24, 2.45) is 5.73 Å². The second-order valence-electron chi connectivity index (χ2n) is 3.28. The van der Waals surface area contributed by atoms with Crippen molar-refractivity contribution in [2.75, 3.05) is 12.3 Å². The molecule has 0 aliphatic carbocycles. The number of nitrogens with zero attached hydrogens (tertiary/aromatic N) is 1. The van der Waals surface area contributed by atoms with Crippen LogP contribution in [-0.2, 0) is 9.53 Å². The number of hydrogen-bond acceptors (Lipinski definition) is 6. The summed E-state index contributed by atoms with van der Waals surface area (Å²) in [5, 5.41) is 1.07. The maximum Gasteiger partial charge on any atom is 0.359 e. The molecule has 1 rings (SSSR count). The number of aromatic nitrogens is 1. The molecule has 8 nitrogen and oxygen atoms in total. The summed E-state index contributed by atoms with van der Waals surface area (Å²) < 4.78 is 4.56. The number of hydrogen-bond donors (Lipinski definition) is 3. The molecule has 0 aliphatic heterocycles. The zero-order valence-corrected chi connectivity index (χ0v) is 11.8. The molecule has 0 fully saturated rings. The fourth-order valence-electron chi connectivity index (χ4n) is 1.04. The molecule has 3 amide bonds. The van der Waals surface area contributed by atoms with E-state index in [1.54, 1.807) is 5.32 Å². The van der Waals surface area contributed by atoms with Crippen molar-refractivity contribution in [3.8, 4) is 0 Å². The Balaban J connectivity index is 2.84. The Morgan fingerprint density at radius 2 is 1.80 bits per heavy atom. The summed E-state index contributed by atoms with van der Waals surface area (Å²) in [6.45, 7) is -0.764. The number of carbonyl (C=O) groups is 3. The lowest BCUT2D eigenvalue weighted by Gasteiger charge is -2.08. The van der Waals surface area contributed by atoms with Gasteiger partial charge in [-0.15, -0.1) is 0 Å². The standard InChI is InChI=1S/C9H7Cl3N4O4/c10-3-5(13)4(11)7(12)16-6(3)8(18)20-1-2(17)15-9(14)19/h1H2,(H2,13,16)(H3,14,15,17,19). The van der Waals surface area contributed by atoms with Crippen molar-refractivity contribution in [1.82, 2.24) is 10.3 Å². The summed E-state index contributed by atoms with van der Waals surface area (Å²) in [7, 11) is 0. The third-order valence-corrected chi connectivity index (χ3v) is 3.00. The number of carbonyl (C=O) groups excluding carboxylic acids is 3. The molecule has 108 valence electrons. The minimum Gasteiger partial charge on any atom is -0.451 e. The van der Waals surface area contributed by atoms with E-state index in [1.807, 2.05) is 0 Å². The van der Waals surface area contributed by atoms with Crippen LogP contribution in [0.2, 0.25) is 15.2 Å². The van der Waals surface area contributed by atoms with E-state index in [0.717, 1.165) is 0 Å². The zero-order valence-electron chi connectivity index (χ0n) is 9.58. The third kappa shape index (κ3) is 3.86. The molecule has 1 aromatic heterocycles. The van der Waals surface area contributed by atoms with Crippen molar-refractivity contribution in [3.05, 3.63) is 20.9 Å². The van der Waals surface area contributed by atoms with Gasteiger partial charge in [0.05, 0.1) is 10.7 Å². The summed E-state index contributed by atoms with van der Waals surface area (Å²) in [5.41, 5.74) is 9.64. The lowest BCUT2D eigenvalue weighted by atomic mass is 10.3. The number of amides is 3. The van der Waals surface area contributed by atoms with Gasteiger partial charge in [-0.05, 0) is 0 Å². The van der Waals surface area contributed by atoms with Gasteiger partial charge in [0.1, 0.15) is 5.02 Å². The number of imide groups is 1. The Labute approximate surface area is 127 Å². The monoisotopic (exact) mass is 340 g/mol. The van der Waals surface area contributed by atoms with Crippen molar-refractivity contribution >= 4 is 58.4 Å². The molecule has 0 radical (unpaired) electrons. The Bertz CT molecular complexity index is 593. The number of ether oxygens (including phenoxy) is 1. The highest BCUT2D eigenvalue weighted by Crippen LogP contribution is 2.34. The molecule has 0 atom stereocenters. The van der Waals surface area contributed by atoms with Gasteiger partial charge in [0.15, 0.2) is 17.5 Å². The summed E-state index contributed by atoms with van der Waals surface area (Å²) >= 11 is 17.1. The molecular weight excluding hydrogens is 334 g/mol. The van der Waals surface area contributed by atoms with Crippen molar-refractivity contribution in [1.29, 1.82) is 0 Å². The summed E-state index contributed by atoms with van der Waals surface area (Å²) in [5.74, 6) is -1.99. The van der Waals surface area contributed by atoms with Crippen molar-refractivity contribution in [3.63, 3.8) is 0 Å². The number of rotatable bonds is 3. The molecule has 0 unspecified atom stereocenters. The fraction of sp³-hybridized carbons (Fsp3) is 0.111. The Kier molecular flexibility index (Phi) is 5.37. The number of nitrogens with two attached hydrogens (primary N) is 2. The van der Waals surface area contributed by atoms with E-state index >= 15 is 0 Å². The summed E-state index contributed by atoms with van der Waals surface area (Å²) in [4.78, 5) is 36.7. The molecule has 0 bridgehead atoms. The SMILES string of the molecule is NC(=O)NC(=O)COC(=O)c1nc(Cl)c(Cl)c(N)c1Cl. The minimum atomic E-state index is -1.08. The highest BCUT2D eigenvalue weighted by atomic mass is 35.5. The number of esters is 1. The number of pyridine rings is 1. The molecular formula is C9H7Cl3N4O4. The molecule has 0 aromatic carbocycles. The fourth-order valence-corrected chi connectivity index (χ4v) is 1.62. The number of nitrogen functional groups attached to an aromatic ring is 1. The maximum absolute atomic E-state index is 11.6. The topological polar surface area (TPSA) is 137 Å². The van der Waals surface area contributed by atoms with Crippen LogP contribution in [0.5, 0.6) is 0 Å². The smallest absolute Gasteiger partial charge is 0.359 e. The molecule has 11 heteroatoms. The molecule has 5 N–H and O–H groups in total. The van der Waals surface area contributed by atoms with Gasteiger partial charge in [-0.1, -0.05) is 34.8 Å². The Morgan fingerprint density at radius 1 is 1.20 bits per heavy atom. The maximum atomic E-state index is 11.6. The Hall–Kier alpha value is -1.77. The lowest BCUT2D eigenvalue weighted by molar-refractivity contribution is -0.123. The average molecular weight is 342 g/mol. The molecule has 0 saturated carbocycles. The first kappa shape index (κ1) is 16.3. The van der Waals surface area contributed by atoms with E-state index < -0.39 is 30.2 Å². The molecule has 0 saturated heterocycles. The van der Waals surface area contributed by atoms with Crippen LogP contribution in [-0.4, -0.2) is 29.5 Å². The lowest BCUT2D eigenvalue weighted by Crippen LogP contribution is -2.37. The van der Waals surface area contributed by atoms with Crippen molar-refractivity contribution in [2.45, 2.75) is 0 Å². The van der Waals surface area contributed by atoms with Gasteiger partial charge in [-0.25, -0.2) is 14.6 Å². The number of halogens is 3. The van der Waals surface area contributed by atoms with Crippen LogP contribution in [0.1, 0.15) is 10.5 Å². The van der Waals surface area contributed by atoms with Crippen LogP contribution in [0.15, 0.2) is 0 Å². The van der Waals surface area contributed by atoms with E-state index in [-0.39, 0.29) is 20.9 Å². The van der Waals surface area contributed by atoms with Crippen molar-refractivity contribution < 1.29 is 19.1 Å². The average Bonchev–Trinajstić information content (AvgIpc) is 2.37. The van der Waals surface area contributed by atoms with Gasteiger partial charge in [0.25, 0.3) is 5.91 Å². The number of urea groups is 1. The first-order chi connectivity index (χ1) is 9.23. The van der Waals surface area contributed by atoms with E-state index in [1.165, 1.54) is 0 Å². The number of anilines is 1. The number of primary amides is 1. The van der Waals surface area contributed by atoms with Gasteiger partial charge in [0, 0.05) is 0 Å². The van der Waals surface area contributed by atoms with Gasteiger partial charge in [-0.2, -0.15) is 0 Å². The highest BCUT2D eigenvalue weighted by Gasteiger charge is 2.21. The highest BCUT2D eigenvalue weighted by molar-refractivity contribution is 6.46. The predicted octanol–water partition coefficient (Wildman–Crippen LogP) is 0.976. The number of nitrogens with one attached hydrogen (secondary N) is 1. The van der Waals surface area contributed by atoms with Crippen LogP contribution in [0.25, 0.3) is 0 Å².